The summed E-state index contributed by atoms with van der Waals surface area (Å²) in [5.74, 6) is 0.870. The van der Waals surface area contributed by atoms with Gasteiger partial charge >= 0.3 is 0 Å². The van der Waals surface area contributed by atoms with E-state index in [-0.39, 0.29) is 6.01 Å². The van der Waals surface area contributed by atoms with Crippen LogP contribution in [0.25, 0.3) is 0 Å². The molecule has 0 amide bonds. The lowest BCUT2D eigenvalue weighted by molar-refractivity contribution is 0.519. The smallest absolute Gasteiger partial charge is 0.292 e. The van der Waals surface area contributed by atoms with Crippen LogP contribution in [0.15, 0.2) is 10.6 Å². The SMILES string of the molecule is CCCc1cnc(N)o1. The first-order chi connectivity index (χ1) is 4.33. The summed E-state index contributed by atoms with van der Waals surface area (Å²) < 4.78 is 4.99. The highest BCUT2D eigenvalue weighted by atomic mass is 16.4. The van der Waals surface area contributed by atoms with Crippen molar-refractivity contribution in [1.82, 2.24) is 4.98 Å². The Labute approximate surface area is 53.9 Å². The zero-order valence-electron chi connectivity index (χ0n) is 5.42. The molecule has 3 heteroatoms. The number of nitrogen functional groups attached to an aromatic ring is 1. The van der Waals surface area contributed by atoms with E-state index in [2.05, 4.69) is 11.9 Å². The largest absolute Gasteiger partial charge is 0.429 e. The zero-order chi connectivity index (χ0) is 6.69. The molecule has 1 heterocycles. The van der Waals surface area contributed by atoms with Crippen LogP contribution in [0, 0.1) is 0 Å². The summed E-state index contributed by atoms with van der Waals surface area (Å²) in [4.78, 5) is 3.75. The fourth-order valence-corrected chi connectivity index (χ4v) is 0.685. The summed E-state index contributed by atoms with van der Waals surface area (Å²) in [5.41, 5.74) is 5.23. The number of anilines is 1. The van der Waals surface area contributed by atoms with E-state index < -0.39 is 0 Å². The standard InChI is InChI=1S/C6H10N2O/c1-2-3-5-4-8-6(7)9-5/h4H,2-3H2,1H3,(H2,7,8). The topological polar surface area (TPSA) is 52.0 Å². The molecule has 0 fully saturated rings. The monoisotopic (exact) mass is 126 g/mol. The van der Waals surface area contributed by atoms with E-state index >= 15 is 0 Å². The molecule has 0 aliphatic heterocycles. The van der Waals surface area contributed by atoms with Crippen LogP contribution in [0.3, 0.4) is 0 Å². The average Bonchev–Trinajstić information content (AvgIpc) is 2.17. The van der Waals surface area contributed by atoms with Gasteiger partial charge in [0.15, 0.2) is 0 Å². The molecule has 0 atom stereocenters. The molecule has 1 aromatic heterocycles. The van der Waals surface area contributed by atoms with Crippen molar-refractivity contribution in [3.05, 3.63) is 12.0 Å². The normalized spacial score (nSPS) is 9.89. The third-order valence-electron chi connectivity index (χ3n) is 1.07. The van der Waals surface area contributed by atoms with Crippen molar-refractivity contribution >= 4 is 6.01 Å². The fraction of sp³-hybridized carbons (Fsp3) is 0.500. The van der Waals surface area contributed by atoms with Gasteiger partial charge in [0.2, 0.25) is 0 Å². The number of hydrogen-bond acceptors (Lipinski definition) is 3. The molecule has 0 aliphatic rings. The summed E-state index contributed by atoms with van der Waals surface area (Å²) in [6, 6.07) is 0.262. The van der Waals surface area contributed by atoms with Crippen molar-refractivity contribution in [2.75, 3.05) is 5.73 Å². The third-order valence-corrected chi connectivity index (χ3v) is 1.07. The van der Waals surface area contributed by atoms with Crippen molar-refractivity contribution in [2.45, 2.75) is 19.8 Å². The highest BCUT2D eigenvalue weighted by molar-refractivity contribution is 5.10. The molecule has 50 valence electrons. The molecule has 9 heavy (non-hydrogen) atoms. The van der Waals surface area contributed by atoms with Gasteiger partial charge in [-0.25, -0.2) is 4.98 Å². The van der Waals surface area contributed by atoms with Crippen molar-refractivity contribution in [3.8, 4) is 0 Å². The van der Waals surface area contributed by atoms with E-state index in [1.807, 2.05) is 0 Å². The summed E-state index contributed by atoms with van der Waals surface area (Å²) in [5, 5.41) is 0. The van der Waals surface area contributed by atoms with Gasteiger partial charge in [0.1, 0.15) is 5.76 Å². The number of nitrogens with zero attached hydrogens (tertiary/aromatic N) is 1. The van der Waals surface area contributed by atoms with Gasteiger partial charge in [0.05, 0.1) is 6.20 Å². The zero-order valence-corrected chi connectivity index (χ0v) is 5.42. The Morgan fingerprint density at radius 2 is 2.56 bits per heavy atom. The molecule has 0 unspecified atom stereocenters. The van der Waals surface area contributed by atoms with Gasteiger partial charge in [0.25, 0.3) is 6.01 Å². The molecule has 2 N–H and O–H groups in total. The maximum Gasteiger partial charge on any atom is 0.292 e. The molecular weight excluding hydrogens is 116 g/mol. The maximum absolute atomic E-state index is 5.23. The first-order valence-corrected chi connectivity index (χ1v) is 3.03. The van der Waals surface area contributed by atoms with Crippen molar-refractivity contribution < 1.29 is 4.42 Å². The predicted molar refractivity (Wildman–Crippen MR) is 34.9 cm³/mol. The Balaban J connectivity index is 2.61. The predicted octanol–water partition coefficient (Wildman–Crippen LogP) is 1.21. The van der Waals surface area contributed by atoms with Crippen LogP contribution in [-0.4, -0.2) is 4.98 Å². The number of nitrogens with two attached hydrogens (primary N) is 1. The second kappa shape index (κ2) is 2.53. The molecular formula is C6H10N2O. The Bertz CT molecular complexity index is 183. The van der Waals surface area contributed by atoms with Crippen LogP contribution in [0.2, 0.25) is 0 Å². The van der Waals surface area contributed by atoms with Crippen molar-refractivity contribution in [3.63, 3.8) is 0 Å². The molecule has 0 saturated heterocycles. The van der Waals surface area contributed by atoms with Gasteiger partial charge in [-0.1, -0.05) is 6.92 Å². The fourth-order valence-electron chi connectivity index (χ4n) is 0.685. The van der Waals surface area contributed by atoms with Crippen LogP contribution in [-0.2, 0) is 6.42 Å². The average molecular weight is 126 g/mol. The van der Waals surface area contributed by atoms with Crippen LogP contribution in [0.4, 0.5) is 6.01 Å². The van der Waals surface area contributed by atoms with Gasteiger partial charge in [-0.05, 0) is 6.42 Å². The molecule has 0 spiro atoms. The minimum Gasteiger partial charge on any atom is -0.429 e. The first-order valence-electron chi connectivity index (χ1n) is 3.03. The molecule has 1 aromatic rings. The number of hydrogen-bond donors (Lipinski definition) is 1. The lowest BCUT2D eigenvalue weighted by Crippen LogP contribution is -1.80. The van der Waals surface area contributed by atoms with E-state index in [0.29, 0.717) is 0 Å². The number of aromatic nitrogens is 1. The van der Waals surface area contributed by atoms with Gasteiger partial charge in [-0.2, -0.15) is 0 Å². The van der Waals surface area contributed by atoms with E-state index in [1.165, 1.54) is 0 Å². The molecule has 0 saturated carbocycles. The lowest BCUT2D eigenvalue weighted by atomic mass is 10.3. The van der Waals surface area contributed by atoms with E-state index in [0.717, 1.165) is 18.6 Å². The molecule has 0 aliphatic carbocycles. The second-order valence-corrected chi connectivity index (χ2v) is 1.91. The number of aryl methyl sites for hydroxylation is 1. The minimum absolute atomic E-state index is 0.262. The van der Waals surface area contributed by atoms with E-state index in [1.54, 1.807) is 6.20 Å². The highest BCUT2D eigenvalue weighted by Crippen LogP contribution is 2.05. The van der Waals surface area contributed by atoms with Gasteiger partial charge in [-0.15, -0.1) is 0 Å². The van der Waals surface area contributed by atoms with Crippen LogP contribution >= 0.6 is 0 Å². The maximum atomic E-state index is 5.23. The quantitative estimate of drug-likeness (QED) is 0.648. The molecule has 1 rings (SSSR count). The Hall–Kier alpha value is -0.990. The van der Waals surface area contributed by atoms with Crippen LogP contribution in [0.5, 0.6) is 0 Å². The van der Waals surface area contributed by atoms with Gasteiger partial charge in [0, 0.05) is 6.42 Å². The third kappa shape index (κ3) is 1.45. The first kappa shape index (κ1) is 6.13. The summed E-state index contributed by atoms with van der Waals surface area (Å²) in [6.45, 7) is 2.08. The molecule has 0 aromatic carbocycles. The number of rotatable bonds is 2. The summed E-state index contributed by atoms with van der Waals surface area (Å²) >= 11 is 0. The van der Waals surface area contributed by atoms with Gasteiger partial charge < -0.3 is 10.2 Å². The molecule has 0 radical (unpaired) electrons. The lowest BCUT2D eigenvalue weighted by Gasteiger charge is -1.85. The van der Waals surface area contributed by atoms with Crippen molar-refractivity contribution in [2.24, 2.45) is 0 Å². The Morgan fingerprint density at radius 3 is 3.00 bits per heavy atom. The number of oxazole rings is 1. The van der Waals surface area contributed by atoms with Crippen LogP contribution in [0.1, 0.15) is 19.1 Å². The minimum atomic E-state index is 0.262. The second-order valence-electron chi connectivity index (χ2n) is 1.91. The van der Waals surface area contributed by atoms with E-state index in [9.17, 15) is 0 Å². The Kier molecular flexibility index (Phi) is 1.72. The highest BCUT2D eigenvalue weighted by Gasteiger charge is 1.96. The molecule has 0 bridgehead atoms. The van der Waals surface area contributed by atoms with Gasteiger partial charge in [-0.3, -0.25) is 0 Å². The van der Waals surface area contributed by atoms with Crippen molar-refractivity contribution in [1.29, 1.82) is 0 Å². The molecule has 3 nitrogen and oxygen atoms in total. The summed E-state index contributed by atoms with van der Waals surface area (Å²) in [6.07, 6.45) is 3.65. The summed E-state index contributed by atoms with van der Waals surface area (Å²) in [7, 11) is 0. The Morgan fingerprint density at radius 1 is 1.78 bits per heavy atom. The van der Waals surface area contributed by atoms with Crippen LogP contribution < -0.4 is 5.73 Å². The van der Waals surface area contributed by atoms with E-state index in [4.69, 9.17) is 10.2 Å².